The Bertz CT molecular complexity index is 1320. The van der Waals surface area contributed by atoms with Crippen LogP contribution in [0.2, 0.25) is 0 Å². The van der Waals surface area contributed by atoms with Crippen LogP contribution in [0.5, 0.6) is 0 Å². The van der Waals surface area contributed by atoms with E-state index in [9.17, 15) is 4.79 Å². The Morgan fingerprint density at radius 1 is 0.943 bits per heavy atom. The highest BCUT2D eigenvalue weighted by atomic mass is 16.5. The van der Waals surface area contributed by atoms with E-state index in [-0.39, 0.29) is 5.69 Å². The fourth-order valence-electron chi connectivity index (χ4n) is 4.26. The Balaban J connectivity index is 1.27. The smallest absolute Gasteiger partial charge is 0.348 e. The molecule has 4 aromatic rings. The van der Waals surface area contributed by atoms with E-state index in [1.807, 2.05) is 36.4 Å². The maximum atomic E-state index is 12.5. The van der Waals surface area contributed by atoms with Crippen LogP contribution in [0.15, 0.2) is 77.9 Å². The normalized spacial score (nSPS) is 14.4. The molecule has 1 fully saturated rings. The summed E-state index contributed by atoms with van der Waals surface area (Å²) in [4.78, 5) is 25.8. The number of aromatic nitrogens is 3. The number of nitrogens with one attached hydrogen (secondary N) is 1. The molecule has 5 rings (SSSR count). The topological polar surface area (TPSA) is 75.5 Å². The molecule has 1 aliphatic rings. The fraction of sp³-hybridized carbons (Fsp3) is 0.296. The van der Waals surface area contributed by atoms with Crippen molar-refractivity contribution >= 4 is 28.1 Å². The zero-order valence-corrected chi connectivity index (χ0v) is 19.9. The van der Waals surface area contributed by atoms with E-state index >= 15 is 0 Å². The lowest BCUT2D eigenvalue weighted by molar-refractivity contribution is 0.113. The maximum absolute atomic E-state index is 12.5. The number of anilines is 3. The summed E-state index contributed by atoms with van der Waals surface area (Å²) >= 11 is 0. The van der Waals surface area contributed by atoms with Gasteiger partial charge in [-0.1, -0.05) is 30.3 Å². The van der Waals surface area contributed by atoms with Gasteiger partial charge in [0.05, 0.1) is 25.3 Å². The molecule has 35 heavy (non-hydrogen) atoms. The lowest BCUT2D eigenvalue weighted by Crippen LogP contribution is -2.44. The molecule has 0 radical (unpaired) electrons. The minimum Gasteiger partial charge on any atom is -0.375 e. The van der Waals surface area contributed by atoms with E-state index in [0.29, 0.717) is 25.6 Å². The van der Waals surface area contributed by atoms with E-state index < -0.39 is 0 Å². The molecule has 1 saturated heterocycles. The molecule has 8 heteroatoms. The summed E-state index contributed by atoms with van der Waals surface area (Å²) in [6.07, 6.45) is 3.31. The molecule has 180 valence electrons. The van der Waals surface area contributed by atoms with Gasteiger partial charge in [-0.3, -0.25) is 4.57 Å². The van der Waals surface area contributed by atoms with Crippen molar-refractivity contribution < 1.29 is 4.74 Å². The van der Waals surface area contributed by atoms with Crippen molar-refractivity contribution in [3.05, 3.63) is 89.1 Å². The molecule has 0 amide bonds. The molecule has 0 bridgehead atoms. The number of hydrogen-bond acceptors (Lipinski definition) is 7. The van der Waals surface area contributed by atoms with Gasteiger partial charge >= 0.3 is 5.69 Å². The largest absolute Gasteiger partial charge is 0.375 e. The Morgan fingerprint density at radius 2 is 1.69 bits per heavy atom. The van der Waals surface area contributed by atoms with Crippen LogP contribution in [-0.4, -0.2) is 59.3 Å². The van der Waals surface area contributed by atoms with E-state index in [1.165, 1.54) is 5.69 Å². The standard InChI is InChI=1S/C27H30N6O2/c1-31-11-13-32(14-12-31)24-9-7-23(8-10-24)30-26-17-25-22(18-28-26)19-29-27(34)33(25)15-16-35-20-21-5-3-2-4-6-21/h2-10,17-19H,11-16,20H2,1H3,(H,28,30). The minimum atomic E-state index is -0.297. The van der Waals surface area contributed by atoms with E-state index in [1.54, 1.807) is 17.0 Å². The van der Waals surface area contributed by atoms with Gasteiger partial charge in [-0.05, 0) is 36.9 Å². The molecule has 1 N–H and O–H groups in total. The van der Waals surface area contributed by atoms with Crippen molar-refractivity contribution in [2.75, 3.05) is 50.1 Å². The number of hydrogen-bond donors (Lipinski definition) is 1. The quantitative estimate of drug-likeness (QED) is 0.395. The van der Waals surface area contributed by atoms with Crippen molar-refractivity contribution in [3.63, 3.8) is 0 Å². The Morgan fingerprint density at radius 3 is 2.46 bits per heavy atom. The molecular formula is C27H30N6O2. The van der Waals surface area contributed by atoms with Crippen molar-refractivity contribution in [1.29, 1.82) is 0 Å². The predicted octanol–water partition coefficient (Wildman–Crippen LogP) is 3.50. The van der Waals surface area contributed by atoms with Crippen LogP contribution in [0.4, 0.5) is 17.2 Å². The second-order valence-electron chi connectivity index (χ2n) is 8.82. The van der Waals surface area contributed by atoms with E-state index in [2.05, 4.69) is 56.4 Å². The first-order valence-electron chi connectivity index (χ1n) is 11.9. The van der Waals surface area contributed by atoms with Gasteiger partial charge in [-0.25, -0.2) is 14.8 Å². The summed E-state index contributed by atoms with van der Waals surface area (Å²) in [5, 5.41) is 4.17. The van der Waals surface area contributed by atoms with Crippen LogP contribution in [0.25, 0.3) is 10.9 Å². The molecule has 0 aliphatic carbocycles. The maximum Gasteiger partial charge on any atom is 0.348 e. The highest BCUT2D eigenvalue weighted by Gasteiger charge is 2.14. The zero-order chi connectivity index (χ0) is 24.0. The summed E-state index contributed by atoms with van der Waals surface area (Å²) in [6.45, 7) is 5.57. The molecular weight excluding hydrogens is 440 g/mol. The number of benzene rings is 2. The molecule has 0 saturated carbocycles. The number of pyridine rings is 1. The van der Waals surface area contributed by atoms with Crippen molar-refractivity contribution in [3.8, 4) is 0 Å². The average Bonchev–Trinajstić information content (AvgIpc) is 2.89. The monoisotopic (exact) mass is 470 g/mol. The molecule has 2 aromatic heterocycles. The predicted molar refractivity (Wildman–Crippen MR) is 139 cm³/mol. The molecule has 0 atom stereocenters. The number of piperazine rings is 1. The molecule has 0 spiro atoms. The molecule has 3 heterocycles. The summed E-state index contributed by atoms with van der Waals surface area (Å²) < 4.78 is 7.44. The van der Waals surface area contributed by atoms with Gasteiger partial charge in [0.2, 0.25) is 0 Å². The lowest BCUT2D eigenvalue weighted by atomic mass is 10.2. The van der Waals surface area contributed by atoms with Crippen molar-refractivity contribution in [2.45, 2.75) is 13.2 Å². The van der Waals surface area contributed by atoms with Crippen LogP contribution in [0.1, 0.15) is 5.56 Å². The Kier molecular flexibility index (Phi) is 7.02. The second-order valence-corrected chi connectivity index (χ2v) is 8.82. The molecule has 2 aromatic carbocycles. The third-order valence-corrected chi connectivity index (χ3v) is 6.33. The van der Waals surface area contributed by atoms with Crippen molar-refractivity contribution in [1.82, 2.24) is 19.4 Å². The molecule has 8 nitrogen and oxygen atoms in total. The number of ether oxygens (including phenoxy) is 1. The Hall–Kier alpha value is -3.75. The first-order valence-corrected chi connectivity index (χ1v) is 11.9. The van der Waals surface area contributed by atoms with E-state index in [4.69, 9.17) is 4.74 Å². The third-order valence-electron chi connectivity index (χ3n) is 6.33. The fourth-order valence-corrected chi connectivity index (χ4v) is 4.26. The molecule has 1 aliphatic heterocycles. The second kappa shape index (κ2) is 10.7. The minimum absolute atomic E-state index is 0.297. The summed E-state index contributed by atoms with van der Waals surface area (Å²) in [7, 11) is 2.16. The first-order chi connectivity index (χ1) is 17.2. The average molecular weight is 471 g/mol. The number of fused-ring (bicyclic) bond motifs is 1. The Labute approximate surface area is 204 Å². The number of rotatable bonds is 8. The highest BCUT2D eigenvalue weighted by Crippen LogP contribution is 2.23. The van der Waals surface area contributed by atoms with Gasteiger partial charge in [0.15, 0.2) is 0 Å². The SMILES string of the molecule is CN1CCN(c2ccc(Nc3cc4c(cn3)cnc(=O)n4CCOCc3ccccc3)cc2)CC1. The highest BCUT2D eigenvalue weighted by molar-refractivity contribution is 5.80. The number of likely N-dealkylation sites (N-methyl/N-ethyl adjacent to an activating group) is 1. The third kappa shape index (κ3) is 5.67. The van der Waals surface area contributed by atoms with Gasteiger partial charge in [0.1, 0.15) is 5.82 Å². The van der Waals surface area contributed by atoms with Crippen LogP contribution in [0, 0.1) is 0 Å². The van der Waals surface area contributed by atoms with Crippen LogP contribution in [0.3, 0.4) is 0 Å². The van der Waals surface area contributed by atoms with Gasteiger partial charge in [-0.15, -0.1) is 0 Å². The zero-order valence-electron chi connectivity index (χ0n) is 19.9. The van der Waals surface area contributed by atoms with Crippen LogP contribution < -0.4 is 15.9 Å². The van der Waals surface area contributed by atoms with E-state index in [0.717, 1.165) is 48.3 Å². The summed E-state index contributed by atoms with van der Waals surface area (Å²) in [5.74, 6) is 0.675. The first kappa shape index (κ1) is 23.0. The number of nitrogens with zero attached hydrogens (tertiary/aromatic N) is 5. The van der Waals surface area contributed by atoms with Gasteiger partial charge < -0.3 is 19.9 Å². The van der Waals surface area contributed by atoms with Gasteiger partial charge in [0.25, 0.3) is 0 Å². The van der Waals surface area contributed by atoms with Gasteiger partial charge in [0, 0.05) is 61.4 Å². The van der Waals surface area contributed by atoms with Crippen molar-refractivity contribution in [2.24, 2.45) is 0 Å². The van der Waals surface area contributed by atoms with Crippen LogP contribution >= 0.6 is 0 Å². The summed E-state index contributed by atoms with van der Waals surface area (Å²) in [6, 6.07) is 20.3. The van der Waals surface area contributed by atoms with Crippen LogP contribution in [-0.2, 0) is 17.9 Å². The van der Waals surface area contributed by atoms with Gasteiger partial charge in [-0.2, -0.15) is 0 Å². The molecule has 0 unspecified atom stereocenters. The summed E-state index contributed by atoms with van der Waals surface area (Å²) in [5.41, 5.74) is 3.76. The lowest BCUT2D eigenvalue weighted by Gasteiger charge is -2.34.